The van der Waals surface area contributed by atoms with Gasteiger partial charge in [-0.1, -0.05) is 0 Å². The quantitative estimate of drug-likeness (QED) is 0.299. The summed E-state index contributed by atoms with van der Waals surface area (Å²) in [5.41, 5.74) is 0. The first-order valence-corrected chi connectivity index (χ1v) is 6.83. The summed E-state index contributed by atoms with van der Waals surface area (Å²) in [7, 11) is 0. The number of carbonyl (C=O) groups is 4. The normalized spacial score (nSPS) is 24.9. The zero-order valence-corrected chi connectivity index (χ0v) is 13.6. The Morgan fingerprint density at radius 3 is 1.83 bits per heavy atom. The number of hydrogen-bond acceptors (Lipinski definition) is 9. The molecule has 0 N–H and O–H groups in total. The third kappa shape index (κ3) is 4.66. The van der Waals surface area contributed by atoms with Crippen LogP contribution in [0.5, 0.6) is 0 Å². The van der Waals surface area contributed by atoms with Gasteiger partial charge in [-0.25, -0.2) is 6.57 Å². The van der Waals surface area contributed by atoms with Gasteiger partial charge in [0.25, 0.3) is 0 Å². The van der Waals surface area contributed by atoms with Gasteiger partial charge >= 0.3 is 35.9 Å². The van der Waals surface area contributed by atoms with E-state index in [2.05, 4.69) is 4.85 Å². The SMILES string of the molecule is [C-]#[N+][C@@H]1OCC(OC(C)=O)(OC(C)=O)[C@H](OC(C)=O)[C@H]1OC(C)=O. The first-order chi connectivity index (χ1) is 11.1. The van der Waals surface area contributed by atoms with E-state index in [4.69, 9.17) is 30.3 Å². The van der Waals surface area contributed by atoms with Gasteiger partial charge in [-0.2, -0.15) is 0 Å². The van der Waals surface area contributed by atoms with E-state index in [-0.39, 0.29) is 0 Å². The van der Waals surface area contributed by atoms with E-state index >= 15 is 0 Å². The maximum atomic E-state index is 11.4. The van der Waals surface area contributed by atoms with Crippen molar-refractivity contribution in [3.63, 3.8) is 0 Å². The van der Waals surface area contributed by atoms with Gasteiger partial charge in [0.2, 0.25) is 12.2 Å². The van der Waals surface area contributed by atoms with E-state index in [0.717, 1.165) is 27.7 Å². The molecule has 1 aliphatic heterocycles. The van der Waals surface area contributed by atoms with E-state index in [1.54, 1.807) is 0 Å². The van der Waals surface area contributed by atoms with Crippen LogP contribution in [0.25, 0.3) is 4.85 Å². The Balaban J connectivity index is 3.38. The molecule has 1 aliphatic rings. The Hall–Kier alpha value is -2.67. The number of hydrogen-bond donors (Lipinski definition) is 0. The van der Waals surface area contributed by atoms with Gasteiger partial charge in [-0.3, -0.25) is 28.8 Å². The van der Waals surface area contributed by atoms with Crippen molar-refractivity contribution < 1.29 is 42.9 Å². The van der Waals surface area contributed by atoms with Gasteiger partial charge in [0, 0.05) is 27.7 Å². The van der Waals surface area contributed by atoms with E-state index in [9.17, 15) is 19.2 Å². The highest BCUT2D eigenvalue weighted by Gasteiger charge is 2.62. The van der Waals surface area contributed by atoms with Crippen molar-refractivity contribution in [2.75, 3.05) is 6.61 Å². The number of rotatable bonds is 4. The van der Waals surface area contributed by atoms with Crippen molar-refractivity contribution >= 4 is 23.9 Å². The minimum absolute atomic E-state index is 0.574. The Bertz CT molecular complexity index is 563. The van der Waals surface area contributed by atoms with Crippen molar-refractivity contribution in [2.24, 2.45) is 0 Å². The molecule has 10 heteroatoms. The standard InChI is InChI=1S/C14H17NO9/c1-7(16)21-11-12(22-8(2)17)14(23-9(3)18,24-10(4)19)6-20-13(11)15-5/h11-13H,6H2,1-4H3/t11-,12-,13-/m1/s1. The zero-order chi connectivity index (χ0) is 18.5. The molecule has 24 heavy (non-hydrogen) atoms. The molecule has 0 bridgehead atoms. The van der Waals surface area contributed by atoms with Crippen LogP contribution in [0.15, 0.2) is 0 Å². The molecule has 3 atom stereocenters. The van der Waals surface area contributed by atoms with E-state index in [1.165, 1.54) is 0 Å². The lowest BCUT2D eigenvalue weighted by Gasteiger charge is -2.43. The van der Waals surface area contributed by atoms with Gasteiger partial charge in [-0.05, 0) is 0 Å². The number of esters is 4. The van der Waals surface area contributed by atoms with Gasteiger partial charge in [0.05, 0.1) is 0 Å². The lowest BCUT2D eigenvalue weighted by molar-refractivity contribution is -0.323. The van der Waals surface area contributed by atoms with Gasteiger partial charge in [-0.15, -0.1) is 0 Å². The number of carbonyl (C=O) groups excluding carboxylic acids is 4. The fourth-order valence-electron chi connectivity index (χ4n) is 2.22. The minimum atomic E-state index is -2.18. The molecular formula is C14H17NO9. The molecule has 1 saturated heterocycles. The van der Waals surface area contributed by atoms with Crippen molar-refractivity contribution in [1.82, 2.24) is 0 Å². The maximum Gasteiger partial charge on any atom is 0.369 e. The summed E-state index contributed by atoms with van der Waals surface area (Å²) in [6.45, 7) is 10.7. The summed E-state index contributed by atoms with van der Waals surface area (Å²) in [6, 6.07) is 0. The maximum absolute atomic E-state index is 11.4. The molecule has 0 aromatic heterocycles. The second-order valence-corrected chi connectivity index (χ2v) is 4.93. The summed E-state index contributed by atoms with van der Waals surface area (Å²) in [5.74, 6) is -5.52. The van der Waals surface area contributed by atoms with Crippen molar-refractivity contribution in [3.05, 3.63) is 11.4 Å². The summed E-state index contributed by atoms with van der Waals surface area (Å²) in [6.07, 6.45) is -4.37. The fraction of sp³-hybridized carbons (Fsp3) is 0.643. The molecule has 0 spiro atoms. The Labute approximate surface area is 137 Å². The average Bonchev–Trinajstić information content (AvgIpc) is 2.40. The Morgan fingerprint density at radius 2 is 1.46 bits per heavy atom. The molecule has 10 nitrogen and oxygen atoms in total. The molecule has 1 rings (SSSR count). The highest BCUT2D eigenvalue weighted by molar-refractivity contribution is 5.70. The van der Waals surface area contributed by atoms with Crippen molar-refractivity contribution in [1.29, 1.82) is 0 Å². The zero-order valence-electron chi connectivity index (χ0n) is 13.6. The largest absolute Gasteiger partial charge is 0.450 e. The van der Waals surface area contributed by atoms with Crippen LogP contribution in [0, 0.1) is 6.57 Å². The van der Waals surface area contributed by atoms with Crippen LogP contribution >= 0.6 is 0 Å². The molecule has 1 heterocycles. The first-order valence-electron chi connectivity index (χ1n) is 6.83. The van der Waals surface area contributed by atoms with Crippen LogP contribution in [-0.2, 0) is 42.9 Å². The van der Waals surface area contributed by atoms with Crippen LogP contribution in [0.4, 0.5) is 0 Å². The second-order valence-electron chi connectivity index (χ2n) is 4.93. The van der Waals surface area contributed by atoms with E-state index in [1.807, 2.05) is 0 Å². The van der Waals surface area contributed by atoms with Crippen LogP contribution in [0.3, 0.4) is 0 Å². The number of ether oxygens (including phenoxy) is 5. The minimum Gasteiger partial charge on any atom is -0.450 e. The van der Waals surface area contributed by atoms with Gasteiger partial charge in [0.1, 0.15) is 6.61 Å². The monoisotopic (exact) mass is 343 g/mol. The molecule has 0 amide bonds. The number of nitrogens with zero attached hydrogens (tertiary/aromatic N) is 1. The highest BCUT2D eigenvalue weighted by atomic mass is 16.8. The van der Waals surface area contributed by atoms with E-state index < -0.39 is 54.7 Å². The van der Waals surface area contributed by atoms with E-state index in [0.29, 0.717) is 0 Å². The lowest BCUT2D eigenvalue weighted by Crippen LogP contribution is -2.66. The summed E-state index contributed by atoms with van der Waals surface area (Å²) >= 11 is 0. The van der Waals surface area contributed by atoms with Crippen molar-refractivity contribution in [2.45, 2.75) is 51.9 Å². The molecule has 1 fully saturated rings. The predicted octanol–water partition coefficient (Wildman–Crippen LogP) is -0.0521. The molecule has 0 aromatic carbocycles. The molecular weight excluding hydrogens is 326 g/mol. The second kappa shape index (κ2) is 7.74. The lowest BCUT2D eigenvalue weighted by atomic mass is 9.99. The Kier molecular flexibility index (Phi) is 6.25. The molecule has 0 aromatic rings. The molecule has 0 unspecified atom stereocenters. The highest BCUT2D eigenvalue weighted by Crippen LogP contribution is 2.34. The summed E-state index contributed by atoms with van der Waals surface area (Å²) in [4.78, 5) is 48.8. The van der Waals surface area contributed by atoms with Gasteiger partial charge < -0.3 is 18.9 Å². The first kappa shape index (κ1) is 19.4. The third-order valence-corrected chi connectivity index (χ3v) is 2.82. The average molecular weight is 343 g/mol. The topological polar surface area (TPSA) is 119 Å². The van der Waals surface area contributed by atoms with Crippen LogP contribution < -0.4 is 0 Å². The predicted molar refractivity (Wildman–Crippen MR) is 73.7 cm³/mol. The van der Waals surface area contributed by atoms with Crippen molar-refractivity contribution in [3.8, 4) is 0 Å². The summed E-state index contributed by atoms with van der Waals surface area (Å²) in [5, 5.41) is 0. The third-order valence-electron chi connectivity index (χ3n) is 2.82. The van der Waals surface area contributed by atoms with Crippen LogP contribution in [0.1, 0.15) is 27.7 Å². The van der Waals surface area contributed by atoms with Gasteiger partial charge in [0.15, 0.2) is 0 Å². The Morgan fingerprint density at radius 1 is 0.958 bits per heavy atom. The summed E-state index contributed by atoms with van der Waals surface area (Å²) < 4.78 is 25.3. The molecule has 0 radical (unpaired) electrons. The smallest absolute Gasteiger partial charge is 0.369 e. The fourth-order valence-corrected chi connectivity index (χ4v) is 2.22. The van der Waals surface area contributed by atoms with Crippen LogP contribution in [0.2, 0.25) is 0 Å². The molecule has 0 saturated carbocycles. The molecule has 0 aliphatic carbocycles. The van der Waals surface area contributed by atoms with Crippen LogP contribution in [-0.4, -0.2) is 54.7 Å². The molecule has 132 valence electrons.